The summed E-state index contributed by atoms with van der Waals surface area (Å²) in [6.45, 7) is -0.216. The lowest BCUT2D eigenvalue weighted by Gasteiger charge is -2.10. The van der Waals surface area contributed by atoms with Gasteiger partial charge in [0.2, 0.25) is 0 Å². The summed E-state index contributed by atoms with van der Waals surface area (Å²) < 4.78 is 15.1. The van der Waals surface area contributed by atoms with Crippen LogP contribution in [0, 0.1) is 0 Å². The standard InChI is InChI=1S/C17H16ClNO5/c1-22-12-4-3-5-13(9-12)24-10-16(20)19-15-8-11(17(21)23-2)6-7-14(15)18/h3-9H,10H2,1-2H3,(H,19,20). The number of amides is 1. The number of benzene rings is 2. The SMILES string of the molecule is COC(=O)c1ccc(Cl)c(NC(=O)COc2cccc(OC)c2)c1. The van der Waals surface area contributed by atoms with Crippen molar-refractivity contribution in [1.29, 1.82) is 0 Å². The zero-order valence-corrected chi connectivity index (χ0v) is 13.9. The van der Waals surface area contributed by atoms with Crippen LogP contribution in [0.4, 0.5) is 5.69 Å². The van der Waals surface area contributed by atoms with Crippen LogP contribution in [-0.4, -0.2) is 32.7 Å². The third-order valence-electron chi connectivity index (χ3n) is 3.07. The van der Waals surface area contributed by atoms with E-state index in [2.05, 4.69) is 10.1 Å². The van der Waals surface area contributed by atoms with Crippen molar-refractivity contribution >= 4 is 29.2 Å². The van der Waals surface area contributed by atoms with Crippen LogP contribution < -0.4 is 14.8 Å². The molecule has 24 heavy (non-hydrogen) atoms. The Morgan fingerprint density at radius 2 is 1.83 bits per heavy atom. The molecule has 6 nitrogen and oxygen atoms in total. The highest BCUT2D eigenvalue weighted by molar-refractivity contribution is 6.33. The first kappa shape index (κ1) is 17.6. The Morgan fingerprint density at radius 3 is 2.54 bits per heavy atom. The van der Waals surface area contributed by atoms with Gasteiger partial charge in [0.15, 0.2) is 6.61 Å². The van der Waals surface area contributed by atoms with Crippen molar-refractivity contribution in [3.05, 3.63) is 53.1 Å². The molecule has 0 radical (unpaired) electrons. The number of ether oxygens (including phenoxy) is 3. The third-order valence-corrected chi connectivity index (χ3v) is 3.40. The van der Waals surface area contributed by atoms with E-state index in [-0.39, 0.29) is 12.2 Å². The molecule has 2 aromatic rings. The molecule has 1 N–H and O–H groups in total. The number of hydrogen-bond acceptors (Lipinski definition) is 5. The summed E-state index contributed by atoms with van der Waals surface area (Å²) >= 11 is 6.02. The molecule has 126 valence electrons. The molecule has 2 aromatic carbocycles. The Bertz CT molecular complexity index is 748. The molecular weight excluding hydrogens is 334 g/mol. The first-order valence-corrected chi connectivity index (χ1v) is 7.36. The molecule has 1 amide bonds. The third kappa shape index (κ3) is 4.63. The number of carbonyl (C=O) groups is 2. The summed E-state index contributed by atoms with van der Waals surface area (Å²) in [4.78, 5) is 23.5. The highest BCUT2D eigenvalue weighted by Gasteiger charge is 2.12. The summed E-state index contributed by atoms with van der Waals surface area (Å²) in [6.07, 6.45) is 0. The predicted molar refractivity (Wildman–Crippen MR) is 89.9 cm³/mol. The number of hydrogen-bond donors (Lipinski definition) is 1. The van der Waals surface area contributed by atoms with Crippen molar-refractivity contribution in [3.8, 4) is 11.5 Å². The normalized spacial score (nSPS) is 9.96. The van der Waals surface area contributed by atoms with Crippen LogP contribution in [0.2, 0.25) is 5.02 Å². The minimum absolute atomic E-state index is 0.216. The van der Waals surface area contributed by atoms with Gasteiger partial charge >= 0.3 is 5.97 Å². The van der Waals surface area contributed by atoms with Crippen LogP contribution in [0.3, 0.4) is 0 Å². The van der Waals surface area contributed by atoms with E-state index in [1.165, 1.54) is 25.3 Å². The number of nitrogens with one attached hydrogen (secondary N) is 1. The maximum absolute atomic E-state index is 12.0. The molecule has 0 heterocycles. The van der Waals surface area contributed by atoms with Crippen LogP contribution in [0.15, 0.2) is 42.5 Å². The lowest BCUT2D eigenvalue weighted by atomic mass is 10.2. The molecule has 0 saturated heterocycles. The van der Waals surface area contributed by atoms with Gasteiger partial charge in [-0.05, 0) is 30.3 Å². The van der Waals surface area contributed by atoms with Gasteiger partial charge in [0, 0.05) is 6.07 Å². The van der Waals surface area contributed by atoms with E-state index in [1.54, 1.807) is 31.4 Å². The molecule has 2 rings (SSSR count). The fourth-order valence-electron chi connectivity index (χ4n) is 1.89. The molecule has 0 aliphatic carbocycles. The fraction of sp³-hybridized carbons (Fsp3) is 0.176. The van der Waals surface area contributed by atoms with Gasteiger partial charge in [-0.1, -0.05) is 17.7 Å². The second kappa shape index (κ2) is 8.21. The van der Waals surface area contributed by atoms with Crippen molar-refractivity contribution in [2.75, 3.05) is 26.1 Å². The van der Waals surface area contributed by atoms with Crippen molar-refractivity contribution in [1.82, 2.24) is 0 Å². The van der Waals surface area contributed by atoms with Gasteiger partial charge in [0.25, 0.3) is 5.91 Å². The van der Waals surface area contributed by atoms with Gasteiger partial charge in [0.1, 0.15) is 11.5 Å². The molecule has 7 heteroatoms. The average Bonchev–Trinajstić information content (AvgIpc) is 2.61. The Morgan fingerprint density at radius 1 is 1.08 bits per heavy atom. The van der Waals surface area contributed by atoms with Crippen molar-refractivity contribution in [2.45, 2.75) is 0 Å². The number of anilines is 1. The predicted octanol–water partition coefficient (Wildman–Crippen LogP) is 3.15. The quantitative estimate of drug-likeness (QED) is 0.811. The highest BCUT2D eigenvalue weighted by atomic mass is 35.5. The largest absolute Gasteiger partial charge is 0.497 e. The van der Waals surface area contributed by atoms with E-state index in [4.69, 9.17) is 21.1 Å². The van der Waals surface area contributed by atoms with E-state index in [1.807, 2.05) is 0 Å². The van der Waals surface area contributed by atoms with E-state index in [9.17, 15) is 9.59 Å². The molecular formula is C17H16ClNO5. The summed E-state index contributed by atoms with van der Waals surface area (Å²) in [5, 5.41) is 2.90. The van der Waals surface area contributed by atoms with E-state index >= 15 is 0 Å². The number of esters is 1. The topological polar surface area (TPSA) is 73.9 Å². The maximum Gasteiger partial charge on any atom is 0.337 e. The Labute approximate surface area is 144 Å². The van der Waals surface area contributed by atoms with Gasteiger partial charge in [-0.15, -0.1) is 0 Å². The van der Waals surface area contributed by atoms with Crippen molar-refractivity contribution in [2.24, 2.45) is 0 Å². The van der Waals surface area contributed by atoms with Crippen LogP contribution in [0.5, 0.6) is 11.5 Å². The lowest BCUT2D eigenvalue weighted by molar-refractivity contribution is -0.118. The summed E-state index contributed by atoms with van der Waals surface area (Å²) in [7, 11) is 2.82. The minimum Gasteiger partial charge on any atom is -0.497 e. The number of methoxy groups -OCH3 is 2. The zero-order valence-electron chi connectivity index (χ0n) is 13.2. The second-order valence-electron chi connectivity index (χ2n) is 4.70. The van der Waals surface area contributed by atoms with E-state index in [0.717, 1.165) is 0 Å². The van der Waals surface area contributed by atoms with Gasteiger partial charge in [-0.3, -0.25) is 4.79 Å². The van der Waals surface area contributed by atoms with Crippen LogP contribution in [0.25, 0.3) is 0 Å². The Balaban J connectivity index is 2.00. The Kier molecular flexibility index (Phi) is 6.03. The summed E-state index contributed by atoms with van der Waals surface area (Å²) in [5.74, 6) is 0.192. The van der Waals surface area contributed by atoms with Crippen LogP contribution in [-0.2, 0) is 9.53 Å². The summed E-state index contributed by atoms with van der Waals surface area (Å²) in [5.41, 5.74) is 0.588. The molecule has 0 aliphatic heterocycles. The fourth-order valence-corrected chi connectivity index (χ4v) is 2.06. The highest BCUT2D eigenvalue weighted by Crippen LogP contribution is 2.24. The first-order valence-electron chi connectivity index (χ1n) is 6.98. The van der Waals surface area contributed by atoms with Crippen LogP contribution >= 0.6 is 11.6 Å². The van der Waals surface area contributed by atoms with Gasteiger partial charge in [0.05, 0.1) is 30.5 Å². The number of halogens is 1. The van der Waals surface area contributed by atoms with Gasteiger partial charge < -0.3 is 19.5 Å². The Hall–Kier alpha value is -2.73. The molecule has 0 spiro atoms. The minimum atomic E-state index is -0.519. The molecule has 0 atom stereocenters. The molecule has 0 aliphatic rings. The second-order valence-corrected chi connectivity index (χ2v) is 5.11. The summed E-state index contributed by atoms with van der Waals surface area (Å²) in [6, 6.07) is 11.4. The molecule has 0 fully saturated rings. The van der Waals surface area contributed by atoms with E-state index < -0.39 is 11.9 Å². The van der Waals surface area contributed by atoms with Crippen molar-refractivity contribution in [3.63, 3.8) is 0 Å². The monoisotopic (exact) mass is 349 g/mol. The smallest absolute Gasteiger partial charge is 0.337 e. The lowest BCUT2D eigenvalue weighted by Crippen LogP contribution is -2.20. The van der Waals surface area contributed by atoms with E-state index in [0.29, 0.717) is 22.2 Å². The zero-order chi connectivity index (χ0) is 17.5. The molecule has 0 unspecified atom stereocenters. The van der Waals surface area contributed by atoms with Crippen molar-refractivity contribution < 1.29 is 23.8 Å². The number of rotatable bonds is 6. The maximum atomic E-state index is 12.0. The molecule has 0 aromatic heterocycles. The molecule has 0 bridgehead atoms. The van der Waals surface area contributed by atoms with Crippen LogP contribution in [0.1, 0.15) is 10.4 Å². The van der Waals surface area contributed by atoms with Gasteiger partial charge in [-0.2, -0.15) is 0 Å². The first-order chi connectivity index (χ1) is 11.5. The number of carbonyl (C=O) groups excluding carboxylic acids is 2. The average molecular weight is 350 g/mol. The van der Waals surface area contributed by atoms with Gasteiger partial charge in [-0.25, -0.2) is 4.79 Å². The molecule has 0 saturated carbocycles.